The fourth-order valence-corrected chi connectivity index (χ4v) is 7.10. The van der Waals surface area contributed by atoms with Gasteiger partial charge in [0.1, 0.15) is 0 Å². The predicted octanol–water partition coefficient (Wildman–Crippen LogP) is 3.30. The Kier molecular flexibility index (Phi) is 6.77. The Bertz CT molecular complexity index is 1140. The summed E-state index contributed by atoms with van der Waals surface area (Å²) in [7, 11) is -3.21. The molecule has 0 bridgehead atoms. The normalized spacial score (nSPS) is 25.9. The maximum absolute atomic E-state index is 13.5. The Morgan fingerprint density at radius 3 is 2.29 bits per heavy atom. The van der Waals surface area contributed by atoms with Crippen molar-refractivity contribution in [2.24, 2.45) is 11.3 Å². The van der Waals surface area contributed by atoms with Crippen molar-refractivity contribution in [1.82, 2.24) is 15.1 Å². The molecule has 188 valence electrons. The van der Waals surface area contributed by atoms with Crippen LogP contribution in [0.25, 0.3) is 0 Å². The summed E-state index contributed by atoms with van der Waals surface area (Å²) in [5, 5.41) is 3.62. The SMILES string of the molecule is CC([C@H]1CNC[C@@H]1c1ccccc1)N1CCC2(CCN(Cc3ccc(S(C)(=O)=O)cc3)C2=O)CC1. The van der Waals surface area contributed by atoms with Gasteiger partial charge in [-0.15, -0.1) is 0 Å². The van der Waals surface area contributed by atoms with Gasteiger partial charge in [-0.05, 0) is 68.5 Å². The van der Waals surface area contributed by atoms with E-state index in [-0.39, 0.29) is 11.3 Å². The topological polar surface area (TPSA) is 69.7 Å². The first-order chi connectivity index (χ1) is 16.8. The molecule has 1 amide bonds. The highest BCUT2D eigenvalue weighted by molar-refractivity contribution is 7.90. The summed E-state index contributed by atoms with van der Waals surface area (Å²) in [4.78, 5) is 18.4. The number of sulfone groups is 1. The van der Waals surface area contributed by atoms with Crippen molar-refractivity contribution in [2.45, 2.75) is 49.6 Å². The van der Waals surface area contributed by atoms with E-state index in [0.717, 1.165) is 57.5 Å². The molecule has 3 aliphatic heterocycles. The van der Waals surface area contributed by atoms with E-state index in [1.165, 1.54) is 11.8 Å². The van der Waals surface area contributed by atoms with Gasteiger partial charge in [0, 0.05) is 44.4 Å². The van der Waals surface area contributed by atoms with Crippen LogP contribution in [0.5, 0.6) is 0 Å². The summed E-state index contributed by atoms with van der Waals surface area (Å²) in [6.45, 7) is 7.74. The summed E-state index contributed by atoms with van der Waals surface area (Å²) in [5.74, 6) is 1.40. The van der Waals surface area contributed by atoms with Crippen LogP contribution < -0.4 is 5.32 Å². The molecule has 0 radical (unpaired) electrons. The van der Waals surface area contributed by atoms with Gasteiger partial charge >= 0.3 is 0 Å². The Hall–Kier alpha value is -2.22. The Morgan fingerprint density at radius 2 is 1.63 bits per heavy atom. The van der Waals surface area contributed by atoms with Gasteiger partial charge in [0.05, 0.1) is 10.3 Å². The molecule has 35 heavy (non-hydrogen) atoms. The number of piperidine rings is 1. The molecule has 1 N–H and O–H groups in total. The van der Waals surface area contributed by atoms with Gasteiger partial charge < -0.3 is 15.1 Å². The fraction of sp³-hybridized carbons (Fsp3) is 0.536. The average molecular weight is 496 g/mol. The molecule has 6 nitrogen and oxygen atoms in total. The van der Waals surface area contributed by atoms with Gasteiger partial charge in [0.15, 0.2) is 9.84 Å². The highest BCUT2D eigenvalue weighted by Gasteiger charge is 2.49. The van der Waals surface area contributed by atoms with Crippen LogP contribution in [-0.4, -0.2) is 69.1 Å². The maximum Gasteiger partial charge on any atom is 0.229 e. The number of nitrogens with one attached hydrogen (secondary N) is 1. The lowest BCUT2D eigenvalue weighted by Crippen LogP contribution is -2.50. The van der Waals surface area contributed by atoms with Gasteiger partial charge in [-0.3, -0.25) is 4.79 Å². The Balaban J connectivity index is 1.19. The molecule has 0 saturated carbocycles. The number of amides is 1. The molecule has 3 saturated heterocycles. The minimum absolute atomic E-state index is 0.227. The van der Waals surface area contributed by atoms with Gasteiger partial charge in [0.25, 0.3) is 0 Å². The number of hydrogen-bond acceptors (Lipinski definition) is 5. The molecule has 2 aromatic carbocycles. The van der Waals surface area contributed by atoms with Gasteiger partial charge in [0.2, 0.25) is 5.91 Å². The lowest BCUT2D eigenvalue weighted by atomic mass is 9.75. The van der Waals surface area contributed by atoms with Crippen molar-refractivity contribution in [1.29, 1.82) is 0 Å². The molecule has 0 aliphatic carbocycles. The first kappa shape index (κ1) is 24.5. The lowest BCUT2D eigenvalue weighted by molar-refractivity contribution is -0.139. The summed E-state index contributed by atoms with van der Waals surface area (Å²) in [6, 6.07) is 18.3. The van der Waals surface area contributed by atoms with E-state index in [0.29, 0.717) is 29.3 Å². The third kappa shape index (κ3) is 4.91. The van der Waals surface area contributed by atoms with E-state index >= 15 is 0 Å². The molecular formula is C28H37N3O3S. The van der Waals surface area contributed by atoms with Crippen LogP contribution in [-0.2, 0) is 21.2 Å². The van der Waals surface area contributed by atoms with Crippen LogP contribution in [0.3, 0.4) is 0 Å². The Morgan fingerprint density at radius 1 is 0.971 bits per heavy atom. The highest BCUT2D eigenvalue weighted by Crippen LogP contribution is 2.43. The molecule has 2 aromatic rings. The largest absolute Gasteiger partial charge is 0.338 e. The average Bonchev–Trinajstić information content (AvgIpc) is 3.46. The highest BCUT2D eigenvalue weighted by atomic mass is 32.2. The molecule has 7 heteroatoms. The minimum atomic E-state index is -3.21. The molecule has 3 heterocycles. The van der Waals surface area contributed by atoms with Crippen molar-refractivity contribution in [3.05, 3.63) is 65.7 Å². The number of carbonyl (C=O) groups excluding carboxylic acids is 1. The zero-order valence-corrected chi connectivity index (χ0v) is 21.6. The number of nitrogens with zero attached hydrogens (tertiary/aromatic N) is 2. The third-order valence-corrected chi connectivity index (χ3v) is 9.89. The fourth-order valence-electron chi connectivity index (χ4n) is 6.47. The zero-order valence-electron chi connectivity index (χ0n) is 20.8. The second-order valence-corrected chi connectivity index (χ2v) is 12.8. The molecule has 3 atom stereocenters. The summed E-state index contributed by atoms with van der Waals surface area (Å²) < 4.78 is 23.4. The molecule has 3 fully saturated rings. The minimum Gasteiger partial charge on any atom is -0.338 e. The van der Waals surface area contributed by atoms with Crippen molar-refractivity contribution < 1.29 is 13.2 Å². The van der Waals surface area contributed by atoms with Crippen LogP contribution >= 0.6 is 0 Å². The molecule has 1 spiro atoms. The number of benzene rings is 2. The Labute approximate surface area is 209 Å². The van der Waals surface area contributed by atoms with Gasteiger partial charge in [-0.1, -0.05) is 42.5 Å². The molecule has 0 aromatic heterocycles. The van der Waals surface area contributed by atoms with Crippen molar-refractivity contribution in [3.63, 3.8) is 0 Å². The zero-order chi connectivity index (χ0) is 24.6. The van der Waals surface area contributed by atoms with Crippen LogP contribution in [0.1, 0.15) is 43.2 Å². The van der Waals surface area contributed by atoms with Gasteiger partial charge in [-0.25, -0.2) is 8.42 Å². The first-order valence-corrected chi connectivity index (χ1v) is 14.7. The van der Waals surface area contributed by atoms with E-state index in [4.69, 9.17) is 0 Å². The number of rotatable bonds is 6. The predicted molar refractivity (Wildman–Crippen MR) is 138 cm³/mol. The van der Waals surface area contributed by atoms with Crippen LogP contribution in [0.15, 0.2) is 59.5 Å². The second-order valence-electron chi connectivity index (χ2n) is 10.8. The van der Waals surface area contributed by atoms with E-state index < -0.39 is 9.84 Å². The third-order valence-electron chi connectivity index (χ3n) is 8.77. The summed E-state index contributed by atoms with van der Waals surface area (Å²) in [5.41, 5.74) is 2.18. The smallest absolute Gasteiger partial charge is 0.229 e. The summed E-state index contributed by atoms with van der Waals surface area (Å²) in [6.07, 6.45) is 3.99. The van der Waals surface area contributed by atoms with Crippen molar-refractivity contribution in [2.75, 3.05) is 39.0 Å². The molecular weight excluding hydrogens is 458 g/mol. The number of likely N-dealkylation sites (tertiary alicyclic amines) is 2. The lowest BCUT2D eigenvalue weighted by Gasteiger charge is -2.43. The van der Waals surface area contributed by atoms with E-state index in [1.54, 1.807) is 12.1 Å². The number of hydrogen-bond donors (Lipinski definition) is 1. The quantitative estimate of drug-likeness (QED) is 0.666. The van der Waals surface area contributed by atoms with Crippen molar-refractivity contribution >= 4 is 15.7 Å². The van der Waals surface area contributed by atoms with E-state index in [1.807, 2.05) is 17.0 Å². The molecule has 1 unspecified atom stereocenters. The number of carbonyl (C=O) groups is 1. The van der Waals surface area contributed by atoms with Crippen LogP contribution in [0.4, 0.5) is 0 Å². The summed E-state index contributed by atoms with van der Waals surface area (Å²) >= 11 is 0. The first-order valence-electron chi connectivity index (χ1n) is 12.8. The molecule has 3 aliphatic rings. The monoisotopic (exact) mass is 495 g/mol. The standard InChI is InChI=1S/C28H37N3O3S/c1-21(25-18-29-19-26(25)23-6-4-3-5-7-23)30-15-12-28(13-16-30)14-17-31(27(28)32)20-22-8-10-24(11-9-22)35(2,33)34/h3-11,21,25-26,29H,12-20H2,1-2H3/t21?,25-,26-/m1/s1. The van der Waals surface area contributed by atoms with Crippen LogP contribution in [0.2, 0.25) is 0 Å². The van der Waals surface area contributed by atoms with Crippen LogP contribution in [0, 0.1) is 11.3 Å². The maximum atomic E-state index is 13.5. The second kappa shape index (κ2) is 9.68. The van der Waals surface area contributed by atoms with E-state index in [2.05, 4.69) is 47.5 Å². The van der Waals surface area contributed by atoms with Crippen molar-refractivity contribution in [3.8, 4) is 0 Å². The van der Waals surface area contributed by atoms with E-state index in [9.17, 15) is 13.2 Å². The van der Waals surface area contributed by atoms with Gasteiger partial charge in [-0.2, -0.15) is 0 Å². The molecule has 5 rings (SSSR count).